The summed E-state index contributed by atoms with van der Waals surface area (Å²) < 4.78 is 7.89. The molecule has 2 N–H and O–H groups in total. The van der Waals surface area contributed by atoms with Crippen molar-refractivity contribution < 1.29 is 14.3 Å². The fraction of sp³-hybridized carbons (Fsp3) is 0.280. The number of carboxylic acid groups (broad SMARTS) is 1. The van der Waals surface area contributed by atoms with Crippen LogP contribution in [0.1, 0.15) is 36.8 Å². The number of aliphatic carboxylic acids is 1. The van der Waals surface area contributed by atoms with E-state index in [1.807, 2.05) is 44.2 Å². The maximum absolute atomic E-state index is 13.5. The number of carbonyl (C=O) groups is 1. The Hall–Kier alpha value is -4.14. The fourth-order valence-corrected chi connectivity index (χ4v) is 3.78. The molecule has 4 rings (SSSR count). The SMILES string of the molecule is Cc1ccc(Cn2c(=O)n([C@@H](C)[C@@H](C)C(=O)O)c(=O)[nH]/c2=N\c2ccc3oc(C)cc3c2)cc1. The molecule has 2 aromatic heterocycles. The van der Waals surface area contributed by atoms with E-state index in [0.29, 0.717) is 11.3 Å². The number of aromatic amines is 1. The second-order valence-electron chi connectivity index (χ2n) is 8.54. The number of carboxylic acids is 1. The molecule has 9 nitrogen and oxygen atoms in total. The molecular weight excluding hydrogens is 436 g/mol. The lowest BCUT2D eigenvalue weighted by molar-refractivity contribution is -0.142. The molecule has 0 radical (unpaired) electrons. The highest BCUT2D eigenvalue weighted by molar-refractivity contribution is 5.81. The molecule has 9 heteroatoms. The smallest absolute Gasteiger partial charge is 0.335 e. The molecule has 2 aromatic carbocycles. The third-order valence-corrected chi connectivity index (χ3v) is 5.97. The zero-order chi connectivity index (χ0) is 24.6. The standard InChI is InChI=1S/C25H26N4O5/c1-14-5-7-18(8-6-14)13-28-23(26-20-9-10-21-19(12-20)11-15(2)34-21)27-24(32)29(25(28)33)17(4)16(3)22(30)31/h5-12,16-17H,13H2,1-4H3,(H,30,31)(H,26,27,32)/t16-,17+/m1/s1. The molecular formula is C25H26N4O5. The lowest BCUT2D eigenvalue weighted by Gasteiger charge is -2.19. The van der Waals surface area contributed by atoms with E-state index in [1.54, 1.807) is 18.2 Å². The van der Waals surface area contributed by atoms with E-state index >= 15 is 0 Å². The number of nitrogens with one attached hydrogen (secondary N) is 1. The van der Waals surface area contributed by atoms with Crippen LogP contribution in [-0.2, 0) is 11.3 Å². The van der Waals surface area contributed by atoms with E-state index in [1.165, 1.54) is 18.4 Å². The first-order valence-electron chi connectivity index (χ1n) is 10.9. The molecule has 0 aliphatic heterocycles. The summed E-state index contributed by atoms with van der Waals surface area (Å²) in [6.45, 7) is 6.97. The van der Waals surface area contributed by atoms with Gasteiger partial charge in [0.1, 0.15) is 11.3 Å². The number of H-pyrrole nitrogens is 1. The van der Waals surface area contributed by atoms with E-state index in [0.717, 1.165) is 26.8 Å². The average Bonchev–Trinajstić information content (AvgIpc) is 3.16. The van der Waals surface area contributed by atoms with Gasteiger partial charge >= 0.3 is 17.3 Å². The average molecular weight is 463 g/mol. The topological polar surface area (TPSA) is 123 Å². The Morgan fingerprint density at radius 2 is 1.79 bits per heavy atom. The molecule has 0 fully saturated rings. The molecule has 0 bridgehead atoms. The number of hydrogen-bond acceptors (Lipinski definition) is 5. The monoisotopic (exact) mass is 462 g/mol. The number of fused-ring (bicyclic) bond motifs is 1. The maximum Gasteiger partial charge on any atom is 0.335 e. The van der Waals surface area contributed by atoms with Crippen LogP contribution >= 0.6 is 0 Å². The van der Waals surface area contributed by atoms with Crippen LogP contribution in [0.2, 0.25) is 0 Å². The van der Waals surface area contributed by atoms with Gasteiger partial charge < -0.3 is 9.52 Å². The minimum absolute atomic E-state index is 0.0709. The molecule has 4 aromatic rings. The minimum Gasteiger partial charge on any atom is -0.481 e. The molecule has 0 unspecified atom stereocenters. The Bertz CT molecular complexity index is 1550. The molecule has 0 aliphatic rings. The van der Waals surface area contributed by atoms with Gasteiger partial charge in [-0.3, -0.25) is 14.3 Å². The number of rotatable bonds is 6. The number of hydrogen-bond donors (Lipinski definition) is 2. The van der Waals surface area contributed by atoms with Crippen LogP contribution in [0.4, 0.5) is 5.69 Å². The first-order chi connectivity index (χ1) is 16.1. The van der Waals surface area contributed by atoms with E-state index in [-0.39, 0.29) is 12.2 Å². The van der Waals surface area contributed by atoms with Gasteiger partial charge in [-0.05, 0) is 57.5 Å². The number of aromatic nitrogens is 3. The third kappa shape index (κ3) is 4.50. The Morgan fingerprint density at radius 3 is 2.47 bits per heavy atom. The summed E-state index contributed by atoms with van der Waals surface area (Å²) >= 11 is 0. The zero-order valence-corrected chi connectivity index (χ0v) is 19.4. The summed E-state index contributed by atoms with van der Waals surface area (Å²) in [5.41, 5.74) is 1.87. The maximum atomic E-state index is 13.5. The van der Waals surface area contributed by atoms with Gasteiger partial charge in [-0.25, -0.2) is 19.1 Å². The van der Waals surface area contributed by atoms with Crippen LogP contribution < -0.4 is 17.0 Å². The van der Waals surface area contributed by atoms with Crippen molar-refractivity contribution >= 4 is 22.6 Å². The summed E-state index contributed by atoms with van der Waals surface area (Å²) in [5, 5.41) is 10.3. The Kier molecular flexibility index (Phi) is 6.10. The van der Waals surface area contributed by atoms with Crippen LogP contribution in [0, 0.1) is 19.8 Å². The molecule has 2 heterocycles. The number of nitrogens with zero attached hydrogens (tertiary/aromatic N) is 3. The van der Waals surface area contributed by atoms with Crippen molar-refractivity contribution in [2.75, 3.05) is 0 Å². The first kappa shape index (κ1) is 23.0. The van der Waals surface area contributed by atoms with Gasteiger partial charge in [0.2, 0.25) is 5.62 Å². The van der Waals surface area contributed by atoms with Gasteiger partial charge in [-0.1, -0.05) is 29.8 Å². The van der Waals surface area contributed by atoms with E-state index < -0.39 is 29.3 Å². The van der Waals surface area contributed by atoms with Crippen molar-refractivity contribution in [3.8, 4) is 0 Å². The Balaban J connectivity index is 1.92. The van der Waals surface area contributed by atoms with Crippen molar-refractivity contribution in [3.63, 3.8) is 0 Å². The van der Waals surface area contributed by atoms with E-state index in [4.69, 9.17) is 4.42 Å². The van der Waals surface area contributed by atoms with Crippen molar-refractivity contribution in [2.24, 2.45) is 10.9 Å². The van der Waals surface area contributed by atoms with Crippen LogP contribution in [0.25, 0.3) is 11.0 Å². The molecule has 0 aliphatic carbocycles. The quantitative estimate of drug-likeness (QED) is 0.455. The molecule has 2 atom stereocenters. The zero-order valence-electron chi connectivity index (χ0n) is 19.4. The summed E-state index contributed by atoms with van der Waals surface area (Å²) in [6.07, 6.45) is 0. The fourth-order valence-electron chi connectivity index (χ4n) is 3.78. The molecule has 34 heavy (non-hydrogen) atoms. The van der Waals surface area contributed by atoms with Gasteiger partial charge in [0.05, 0.1) is 24.2 Å². The van der Waals surface area contributed by atoms with Crippen LogP contribution in [0.5, 0.6) is 0 Å². The van der Waals surface area contributed by atoms with Gasteiger partial charge in [-0.15, -0.1) is 0 Å². The van der Waals surface area contributed by atoms with Crippen LogP contribution in [0.15, 0.2) is 67.5 Å². The summed E-state index contributed by atoms with van der Waals surface area (Å²) in [5.74, 6) is -1.28. The van der Waals surface area contributed by atoms with Gasteiger partial charge in [0, 0.05) is 5.39 Å². The minimum atomic E-state index is -1.10. The highest BCUT2D eigenvalue weighted by Gasteiger charge is 2.25. The number of benzene rings is 2. The van der Waals surface area contributed by atoms with E-state index in [2.05, 4.69) is 9.98 Å². The highest BCUT2D eigenvalue weighted by Crippen LogP contribution is 2.23. The number of furan rings is 1. The van der Waals surface area contributed by atoms with Gasteiger partial charge in [0.25, 0.3) is 0 Å². The molecule has 176 valence electrons. The van der Waals surface area contributed by atoms with E-state index in [9.17, 15) is 19.5 Å². The van der Waals surface area contributed by atoms with Crippen molar-refractivity contribution in [3.05, 3.63) is 92.0 Å². The Labute approximate surface area is 194 Å². The lowest BCUT2D eigenvalue weighted by Crippen LogP contribution is -2.52. The van der Waals surface area contributed by atoms with Gasteiger partial charge in [0.15, 0.2) is 0 Å². The normalized spacial score (nSPS) is 13.8. The van der Waals surface area contributed by atoms with Crippen LogP contribution in [0.3, 0.4) is 0 Å². The van der Waals surface area contributed by atoms with Crippen molar-refractivity contribution in [1.82, 2.24) is 14.1 Å². The van der Waals surface area contributed by atoms with Crippen molar-refractivity contribution in [2.45, 2.75) is 40.3 Å². The number of aryl methyl sites for hydroxylation is 2. The lowest BCUT2D eigenvalue weighted by atomic mass is 10.0. The second-order valence-corrected chi connectivity index (χ2v) is 8.54. The molecule has 0 saturated heterocycles. The molecule has 0 amide bonds. The largest absolute Gasteiger partial charge is 0.481 e. The summed E-state index contributed by atoms with van der Waals surface area (Å²) in [4.78, 5) is 45.1. The summed E-state index contributed by atoms with van der Waals surface area (Å²) in [6, 6.07) is 14.0. The van der Waals surface area contributed by atoms with Gasteiger partial charge in [-0.2, -0.15) is 0 Å². The Morgan fingerprint density at radius 1 is 1.09 bits per heavy atom. The van der Waals surface area contributed by atoms with Crippen LogP contribution in [-0.4, -0.2) is 25.2 Å². The first-order valence-corrected chi connectivity index (χ1v) is 10.9. The van der Waals surface area contributed by atoms with Crippen molar-refractivity contribution in [1.29, 1.82) is 0 Å². The predicted octanol–water partition coefficient (Wildman–Crippen LogP) is 3.26. The second kappa shape index (κ2) is 9.01. The summed E-state index contributed by atoms with van der Waals surface area (Å²) in [7, 11) is 0. The highest BCUT2D eigenvalue weighted by atomic mass is 16.4. The third-order valence-electron chi connectivity index (χ3n) is 5.97. The molecule has 0 saturated carbocycles. The predicted molar refractivity (Wildman–Crippen MR) is 127 cm³/mol. The molecule has 0 spiro atoms.